The summed E-state index contributed by atoms with van der Waals surface area (Å²) in [7, 11) is 0. The van der Waals surface area contributed by atoms with Crippen LogP contribution in [0.5, 0.6) is 0 Å². The molecule has 3 heterocycles. The van der Waals surface area contributed by atoms with Crippen LogP contribution in [0.4, 0.5) is 0 Å². The second kappa shape index (κ2) is 9.60. The number of hydrogen-bond acceptors (Lipinski definition) is 11. The van der Waals surface area contributed by atoms with Gasteiger partial charge >= 0.3 is 5.97 Å². The van der Waals surface area contributed by atoms with Gasteiger partial charge < -0.3 is 49.2 Å². The highest BCUT2D eigenvalue weighted by Gasteiger charge is 2.77. The van der Waals surface area contributed by atoms with Crippen molar-refractivity contribution in [3.05, 3.63) is 54.3 Å². The standard InChI is InChI=1S/C24H28O11/c25-10-14-17(28)18(29)19(30)23(32-14)34-22-16-13(8-9-31-22)20(21-24(16,11-26)35-21)33-15(27)7-6-12-4-2-1-3-5-12/h1-9,13-14,16-23,25-26,28-30H,10-11H2/b7-6+/t13-,14-,16-,17-,18+,19-,20+,21+,22+,23+,24-/m0/s1. The van der Waals surface area contributed by atoms with Crippen LogP contribution in [0, 0.1) is 11.8 Å². The van der Waals surface area contributed by atoms with Gasteiger partial charge in [-0.25, -0.2) is 4.79 Å². The van der Waals surface area contributed by atoms with Gasteiger partial charge in [0.05, 0.1) is 25.4 Å². The Balaban J connectivity index is 1.31. The lowest BCUT2D eigenvalue weighted by molar-refractivity contribution is -0.344. The summed E-state index contributed by atoms with van der Waals surface area (Å²) in [5, 5.41) is 50.0. The third-order valence-corrected chi connectivity index (χ3v) is 7.06. The van der Waals surface area contributed by atoms with Crippen molar-refractivity contribution in [3.63, 3.8) is 0 Å². The second-order valence-corrected chi connectivity index (χ2v) is 9.07. The van der Waals surface area contributed by atoms with Crippen molar-refractivity contribution in [2.75, 3.05) is 13.2 Å². The largest absolute Gasteiger partial charge is 0.472 e. The van der Waals surface area contributed by atoms with Gasteiger partial charge in [0.2, 0.25) is 6.29 Å². The number of carbonyl (C=O) groups excluding carboxylic acids is 1. The number of carbonyl (C=O) groups is 1. The molecule has 1 aliphatic carbocycles. The Morgan fingerprint density at radius 2 is 1.83 bits per heavy atom. The van der Waals surface area contributed by atoms with Crippen molar-refractivity contribution in [2.45, 2.75) is 54.8 Å². The molecule has 11 atom stereocenters. The first-order chi connectivity index (χ1) is 16.9. The quantitative estimate of drug-likeness (QED) is 0.174. The minimum Gasteiger partial charge on any atom is -0.472 e. The average molecular weight is 492 g/mol. The van der Waals surface area contributed by atoms with Gasteiger partial charge in [0.1, 0.15) is 42.2 Å². The van der Waals surface area contributed by atoms with E-state index in [1.807, 2.05) is 30.3 Å². The van der Waals surface area contributed by atoms with Gasteiger partial charge in [-0.05, 0) is 17.7 Å². The van der Waals surface area contributed by atoms with E-state index >= 15 is 0 Å². The van der Waals surface area contributed by atoms with Crippen LogP contribution in [0.15, 0.2) is 48.7 Å². The topological polar surface area (TPSA) is 168 Å². The number of rotatable bonds is 7. The highest BCUT2D eigenvalue weighted by atomic mass is 16.8. The first-order valence-electron chi connectivity index (χ1n) is 11.4. The molecule has 1 aromatic rings. The molecule has 11 heteroatoms. The highest BCUT2D eigenvalue weighted by Crippen LogP contribution is 2.60. The summed E-state index contributed by atoms with van der Waals surface area (Å²) in [6, 6.07) is 9.26. The SMILES string of the molecule is O=C(/C=C/c1ccccc1)O[C@@H]1[C@H]2C=CO[C@H](O[C@H]3O[C@@H](CO)[C@H](O)[C@@H](O)[C@@H]3O)[C@H]2[C@]2(CO)O[C@H]12. The fourth-order valence-corrected chi connectivity index (χ4v) is 5.19. The Bertz CT molecular complexity index is 965. The molecule has 190 valence electrons. The molecule has 5 rings (SSSR count). The molecule has 0 bridgehead atoms. The number of ether oxygens (including phenoxy) is 5. The van der Waals surface area contributed by atoms with Crippen molar-refractivity contribution in [3.8, 4) is 0 Å². The summed E-state index contributed by atoms with van der Waals surface area (Å²) in [6.07, 6.45) is -3.78. The number of esters is 1. The van der Waals surface area contributed by atoms with Crippen molar-refractivity contribution >= 4 is 12.0 Å². The lowest BCUT2D eigenvalue weighted by Crippen LogP contribution is -2.60. The van der Waals surface area contributed by atoms with Crippen molar-refractivity contribution in [1.29, 1.82) is 0 Å². The van der Waals surface area contributed by atoms with Crippen LogP contribution >= 0.6 is 0 Å². The lowest BCUT2D eigenvalue weighted by atomic mass is 9.85. The van der Waals surface area contributed by atoms with Gasteiger partial charge in [-0.2, -0.15) is 0 Å². The Morgan fingerprint density at radius 1 is 1.06 bits per heavy atom. The molecular formula is C24H28O11. The van der Waals surface area contributed by atoms with Crippen LogP contribution in [0.3, 0.4) is 0 Å². The molecule has 35 heavy (non-hydrogen) atoms. The maximum atomic E-state index is 12.5. The number of aliphatic hydroxyl groups is 5. The average Bonchev–Trinajstić information content (AvgIpc) is 3.56. The smallest absolute Gasteiger partial charge is 0.331 e. The summed E-state index contributed by atoms with van der Waals surface area (Å²) in [6.45, 7) is -0.999. The predicted octanol–water partition coefficient (Wildman–Crippen LogP) is -1.33. The molecule has 1 saturated carbocycles. The zero-order valence-corrected chi connectivity index (χ0v) is 18.6. The van der Waals surface area contributed by atoms with Gasteiger partial charge in [0, 0.05) is 12.0 Å². The fourth-order valence-electron chi connectivity index (χ4n) is 5.19. The van der Waals surface area contributed by atoms with Crippen LogP contribution in [-0.4, -0.2) is 99.5 Å². The molecule has 0 aromatic heterocycles. The molecule has 5 N–H and O–H groups in total. The summed E-state index contributed by atoms with van der Waals surface area (Å²) in [5.41, 5.74) is -0.262. The van der Waals surface area contributed by atoms with Crippen LogP contribution in [0.1, 0.15) is 5.56 Å². The third kappa shape index (κ3) is 4.28. The summed E-state index contributed by atoms with van der Waals surface area (Å²) < 4.78 is 28.3. The van der Waals surface area contributed by atoms with E-state index in [-0.39, 0.29) is 0 Å². The van der Waals surface area contributed by atoms with Crippen LogP contribution in [-0.2, 0) is 28.5 Å². The van der Waals surface area contributed by atoms with Gasteiger partial charge in [0.15, 0.2) is 6.29 Å². The van der Waals surface area contributed by atoms with Gasteiger partial charge in [-0.3, -0.25) is 0 Å². The number of fused-ring (bicyclic) bond motifs is 3. The molecule has 4 aliphatic rings. The van der Waals surface area contributed by atoms with Crippen LogP contribution in [0.25, 0.3) is 6.08 Å². The normalized spacial score (nSPS) is 43.9. The molecular weight excluding hydrogens is 464 g/mol. The van der Waals surface area contributed by atoms with Crippen molar-refractivity contribution < 1.29 is 54.0 Å². The number of hydrogen-bond donors (Lipinski definition) is 5. The van der Waals surface area contributed by atoms with E-state index in [1.54, 1.807) is 12.2 Å². The highest BCUT2D eigenvalue weighted by molar-refractivity contribution is 5.87. The van der Waals surface area contributed by atoms with Gasteiger partial charge in [-0.15, -0.1) is 0 Å². The number of benzene rings is 1. The number of epoxide rings is 1. The molecule has 1 aromatic carbocycles. The molecule has 0 amide bonds. The lowest BCUT2D eigenvalue weighted by Gasteiger charge is -2.43. The summed E-state index contributed by atoms with van der Waals surface area (Å²) >= 11 is 0. The maximum Gasteiger partial charge on any atom is 0.331 e. The van der Waals surface area contributed by atoms with E-state index in [0.717, 1.165) is 5.56 Å². The van der Waals surface area contributed by atoms with Gasteiger partial charge in [0.25, 0.3) is 0 Å². The predicted molar refractivity (Wildman–Crippen MR) is 116 cm³/mol. The molecule has 11 nitrogen and oxygen atoms in total. The Labute approximate surface area is 200 Å². The summed E-state index contributed by atoms with van der Waals surface area (Å²) in [4.78, 5) is 12.5. The maximum absolute atomic E-state index is 12.5. The molecule has 0 spiro atoms. The van der Waals surface area contributed by atoms with Crippen LogP contribution < -0.4 is 0 Å². The zero-order valence-electron chi connectivity index (χ0n) is 18.6. The van der Waals surface area contributed by atoms with E-state index in [4.69, 9.17) is 23.7 Å². The Kier molecular flexibility index (Phi) is 6.68. The Morgan fingerprint density at radius 3 is 2.54 bits per heavy atom. The monoisotopic (exact) mass is 492 g/mol. The molecule has 3 aliphatic heterocycles. The first kappa shape index (κ1) is 24.3. The van der Waals surface area contributed by atoms with E-state index in [0.29, 0.717) is 0 Å². The minimum absolute atomic E-state index is 0.390. The fraction of sp³-hybridized carbons (Fsp3) is 0.542. The Hall–Kier alpha value is -2.35. The molecule has 0 radical (unpaired) electrons. The van der Waals surface area contributed by atoms with Crippen molar-refractivity contribution in [1.82, 2.24) is 0 Å². The van der Waals surface area contributed by atoms with Gasteiger partial charge in [-0.1, -0.05) is 30.3 Å². The second-order valence-electron chi connectivity index (χ2n) is 9.07. The molecule has 2 saturated heterocycles. The molecule has 0 unspecified atom stereocenters. The summed E-state index contributed by atoms with van der Waals surface area (Å²) in [5.74, 6) is -1.64. The van der Waals surface area contributed by atoms with E-state index in [1.165, 1.54) is 12.3 Å². The molecule has 3 fully saturated rings. The van der Waals surface area contributed by atoms with E-state index in [9.17, 15) is 30.3 Å². The zero-order chi connectivity index (χ0) is 24.7. The minimum atomic E-state index is -1.63. The van der Waals surface area contributed by atoms with E-state index in [2.05, 4.69) is 0 Å². The van der Waals surface area contributed by atoms with Crippen LogP contribution in [0.2, 0.25) is 0 Å². The van der Waals surface area contributed by atoms with Crippen molar-refractivity contribution in [2.24, 2.45) is 11.8 Å². The third-order valence-electron chi connectivity index (χ3n) is 7.06. The first-order valence-corrected chi connectivity index (χ1v) is 11.4. The number of aliphatic hydroxyl groups excluding tert-OH is 5. The van der Waals surface area contributed by atoms with E-state index < -0.39 is 85.8 Å².